The van der Waals surface area contributed by atoms with Crippen molar-refractivity contribution < 1.29 is 0 Å². The average molecular weight is 595 g/mol. The van der Waals surface area contributed by atoms with Crippen molar-refractivity contribution >= 4 is 45.1 Å². The quantitative estimate of drug-likeness (QED) is 0.140. The van der Waals surface area contributed by atoms with Gasteiger partial charge in [-0.25, -0.2) is 9.98 Å². The minimum absolute atomic E-state index is 0.874. The van der Waals surface area contributed by atoms with Crippen LogP contribution in [-0.4, -0.2) is 16.4 Å². The molecule has 0 saturated carbocycles. The van der Waals surface area contributed by atoms with E-state index in [-0.39, 0.29) is 0 Å². The summed E-state index contributed by atoms with van der Waals surface area (Å²) in [4.78, 5) is 14.3. The van der Waals surface area contributed by atoms with E-state index in [4.69, 9.17) is 9.98 Å². The van der Waals surface area contributed by atoms with Crippen LogP contribution in [0.2, 0.25) is 0 Å². The molecule has 0 bridgehead atoms. The van der Waals surface area contributed by atoms with Crippen LogP contribution in [0.25, 0.3) is 10.9 Å². The monoisotopic (exact) mass is 594 g/mol. The summed E-state index contributed by atoms with van der Waals surface area (Å²) in [5.74, 6) is 0. The molecule has 1 aromatic heterocycles. The summed E-state index contributed by atoms with van der Waals surface area (Å²) in [6.07, 6.45) is 10.5. The third-order valence-electron chi connectivity index (χ3n) is 8.82. The van der Waals surface area contributed by atoms with E-state index in [1.54, 1.807) is 0 Å². The van der Waals surface area contributed by atoms with Gasteiger partial charge in [-0.2, -0.15) is 0 Å². The molecule has 0 unspecified atom stereocenters. The molecule has 2 N–H and O–H groups in total. The van der Waals surface area contributed by atoms with Gasteiger partial charge in [0.1, 0.15) is 11.4 Å². The predicted molar refractivity (Wildman–Crippen MR) is 194 cm³/mol. The van der Waals surface area contributed by atoms with Gasteiger partial charge in [0.2, 0.25) is 0 Å². The Hall–Kier alpha value is -4.44. The molecule has 0 spiro atoms. The molecule has 1 aliphatic rings. The first-order chi connectivity index (χ1) is 22.1. The number of aromatic nitrogens is 1. The third kappa shape index (κ3) is 6.96. The molecule has 0 amide bonds. The second-order valence-corrected chi connectivity index (χ2v) is 12.5. The number of benzene rings is 4. The largest absolute Gasteiger partial charge is 0.353 e. The maximum Gasteiger partial charge on any atom is 0.116 e. The molecule has 2 heterocycles. The highest BCUT2D eigenvalue weighted by Gasteiger charge is 2.28. The van der Waals surface area contributed by atoms with E-state index in [9.17, 15) is 0 Å². The van der Waals surface area contributed by atoms with Gasteiger partial charge in [-0.15, -0.1) is 0 Å². The molecule has 0 aliphatic carbocycles. The Morgan fingerprint density at radius 1 is 0.689 bits per heavy atom. The second-order valence-electron chi connectivity index (χ2n) is 12.5. The van der Waals surface area contributed by atoms with E-state index in [0.29, 0.717) is 0 Å². The Morgan fingerprint density at radius 2 is 1.31 bits per heavy atom. The summed E-state index contributed by atoms with van der Waals surface area (Å²) >= 11 is 0. The number of aromatic amines is 1. The summed E-state index contributed by atoms with van der Waals surface area (Å²) in [6.45, 7) is 8.87. The van der Waals surface area contributed by atoms with Crippen molar-refractivity contribution in [3.63, 3.8) is 0 Å². The molecule has 4 aromatic carbocycles. The molecule has 5 aromatic rings. The Morgan fingerprint density at radius 3 is 1.98 bits per heavy atom. The summed E-state index contributed by atoms with van der Waals surface area (Å²) in [5.41, 5.74) is 14.3. The van der Waals surface area contributed by atoms with E-state index in [2.05, 4.69) is 123 Å². The van der Waals surface area contributed by atoms with E-state index < -0.39 is 0 Å². The van der Waals surface area contributed by atoms with Gasteiger partial charge in [-0.05, 0) is 111 Å². The summed E-state index contributed by atoms with van der Waals surface area (Å²) in [7, 11) is 0. The van der Waals surface area contributed by atoms with Gasteiger partial charge >= 0.3 is 0 Å². The van der Waals surface area contributed by atoms with E-state index >= 15 is 0 Å². The number of aryl methyl sites for hydroxylation is 4. The molecule has 4 heteroatoms. The molecule has 6 rings (SSSR count). The molecular formula is C41H46N4. The number of rotatable bonds is 13. The van der Waals surface area contributed by atoms with Crippen molar-refractivity contribution in [2.24, 2.45) is 9.98 Å². The van der Waals surface area contributed by atoms with Crippen LogP contribution >= 0.6 is 0 Å². The lowest BCUT2D eigenvalue weighted by molar-refractivity contribution is 0.795. The molecule has 0 fully saturated rings. The Bertz CT molecular complexity index is 1820. The van der Waals surface area contributed by atoms with Crippen LogP contribution in [0.5, 0.6) is 0 Å². The summed E-state index contributed by atoms with van der Waals surface area (Å²) in [5, 5.41) is 5.00. The first kappa shape index (κ1) is 30.6. The molecule has 4 nitrogen and oxygen atoms in total. The minimum atomic E-state index is 0.874. The van der Waals surface area contributed by atoms with E-state index in [1.165, 1.54) is 66.2 Å². The first-order valence-corrected chi connectivity index (χ1v) is 16.9. The number of H-pyrrole nitrogens is 1. The van der Waals surface area contributed by atoms with Crippen LogP contribution in [0.3, 0.4) is 0 Å². The molecule has 1 aliphatic heterocycles. The third-order valence-corrected chi connectivity index (χ3v) is 8.82. The predicted octanol–water partition coefficient (Wildman–Crippen LogP) is 11.5. The van der Waals surface area contributed by atoms with Crippen molar-refractivity contribution in [1.29, 1.82) is 0 Å². The van der Waals surface area contributed by atoms with Crippen molar-refractivity contribution in [2.75, 3.05) is 5.32 Å². The fourth-order valence-corrected chi connectivity index (χ4v) is 6.14. The van der Waals surface area contributed by atoms with Gasteiger partial charge in [-0.1, -0.05) is 82.0 Å². The maximum atomic E-state index is 5.27. The normalized spacial score (nSPS) is 13.4. The summed E-state index contributed by atoms with van der Waals surface area (Å²) in [6, 6.07) is 30.9. The fraction of sp³-hybridized carbons (Fsp3) is 0.317. The second kappa shape index (κ2) is 14.1. The Kier molecular flexibility index (Phi) is 9.59. The van der Waals surface area contributed by atoms with Crippen LogP contribution in [0.4, 0.5) is 22.7 Å². The molecule has 230 valence electrons. The van der Waals surface area contributed by atoms with Gasteiger partial charge in [0.15, 0.2) is 0 Å². The van der Waals surface area contributed by atoms with Crippen molar-refractivity contribution in [3.05, 3.63) is 118 Å². The van der Waals surface area contributed by atoms with Crippen molar-refractivity contribution in [2.45, 2.75) is 85.5 Å². The highest BCUT2D eigenvalue weighted by Crippen LogP contribution is 2.38. The number of anilines is 2. The number of hydrogen-bond donors (Lipinski definition) is 2. The zero-order valence-corrected chi connectivity index (χ0v) is 27.3. The molecule has 45 heavy (non-hydrogen) atoms. The van der Waals surface area contributed by atoms with Gasteiger partial charge in [0, 0.05) is 22.2 Å². The van der Waals surface area contributed by atoms with Crippen molar-refractivity contribution in [1.82, 2.24) is 4.98 Å². The van der Waals surface area contributed by atoms with Gasteiger partial charge in [-0.3, -0.25) is 0 Å². The lowest BCUT2D eigenvalue weighted by Crippen LogP contribution is -2.14. The zero-order chi connectivity index (χ0) is 31.2. The molecule has 0 atom stereocenters. The lowest BCUT2D eigenvalue weighted by Gasteiger charge is -2.11. The molecular weight excluding hydrogens is 548 g/mol. The smallest absolute Gasteiger partial charge is 0.116 e. The van der Waals surface area contributed by atoms with Crippen LogP contribution < -0.4 is 5.32 Å². The minimum Gasteiger partial charge on any atom is -0.353 e. The number of hydrogen-bond acceptors (Lipinski definition) is 3. The number of unbranched alkanes of at least 4 members (excludes halogenated alkanes) is 3. The maximum absolute atomic E-state index is 5.27. The van der Waals surface area contributed by atoms with Crippen molar-refractivity contribution in [3.8, 4) is 0 Å². The number of nitrogens with one attached hydrogen (secondary N) is 2. The van der Waals surface area contributed by atoms with Crippen LogP contribution in [0.1, 0.15) is 92.8 Å². The highest BCUT2D eigenvalue weighted by molar-refractivity contribution is 6.58. The standard InChI is InChI=1S/C41H46N4/c1-5-8-11-29-15-20-32(21-16-29)42-38-34-26-28(4)14-24-36(34)44-40(38)41-39(43-33-22-17-30(18-23-33)12-9-6-2)35-27-31(13-10-7-3)19-25-37(35)45-41/h14-27,43,45H,5-13H2,1-4H3. The van der Waals surface area contributed by atoms with E-state index in [0.717, 1.165) is 70.2 Å². The number of fused-ring (bicyclic) bond motifs is 2. The average Bonchev–Trinajstić information content (AvgIpc) is 3.60. The van der Waals surface area contributed by atoms with Crippen LogP contribution in [0.15, 0.2) is 94.9 Å². The SMILES string of the molecule is CCCCc1ccc(N=C2C(c3[nH]c4ccc(CCCC)cc4c3Nc3ccc(CCCC)cc3)=Nc3ccc(C)cc32)cc1. The highest BCUT2D eigenvalue weighted by atomic mass is 15.0. The zero-order valence-electron chi connectivity index (χ0n) is 27.3. The molecule has 0 saturated heterocycles. The lowest BCUT2D eigenvalue weighted by atomic mass is 10.0. The molecule has 0 radical (unpaired) electrons. The van der Waals surface area contributed by atoms with Gasteiger partial charge in [0.05, 0.1) is 22.8 Å². The topological polar surface area (TPSA) is 52.5 Å². The first-order valence-electron chi connectivity index (χ1n) is 16.9. The van der Waals surface area contributed by atoms with Gasteiger partial charge < -0.3 is 10.3 Å². The number of aliphatic imine (C=N–C) groups is 2. The summed E-state index contributed by atoms with van der Waals surface area (Å²) < 4.78 is 0. The van der Waals surface area contributed by atoms with Crippen LogP contribution in [0, 0.1) is 6.92 Å². The van der Waals surface area contributed by atoms with E-state index in [1.807, 2.05) is 0 Å². The Balaban J connectivity index is 1.45. The Labute approximate surface area is 268 Å². The number of nitrogens with zero attached hydrogens (tertiary/aromatic N) is 2. The fourth-order valence-electron chi connectivity index (χ4n) is 6.14. The van der Waals surface area contributed by atoms with Crippen LogP contribution in [-0.2, 0) is 19.3 Å². The van der Waals surface area contributed by atoms with Gasteiger partial charge in [0.25, 0.3) is 0 Å².